The summed E-state index contributed by atoms with van der Waals surface area (Å²) in [7, 11) is 47.7. The molecule has 6 aliphatic heterocycles. The van der Waals surface area contributed by atoms with Gasteiger partial charge in [0.2, 0.25) is 11.8 Å². The van der Waals surface area contributed by atoms with Crippen LogP contribution in [-0.4, -0.2) is 146 Å². The second kappa shape index (κ2) is 40.2. The van der Waals surface area contributed by atoms with Crippen LogP contribution in [0.4, 0.5) is 0 Å². The molecule has 10 rings (SSSR count). The Morgan fingerprint density at radius 2 is 0.722 bits per heavy atom. The summed E-state index contributed by atoms with van der Waals surface area (Å²) in [4.78, 5) is 35.8. The number of nitrogens with zero attached hydrogens (tertiary/aromatic N) is 4. The predicted octanol–water partition coefficient (Wildman–Crippen LogP) is 6.73. The molecule has 2 saturated heterocycles. The minimum absolute atomic E-state index is 0.0304. The number of piperazine rings is 2. The molecule has 4 N–H and O–H groups in total. The van der Waals surface area contributed by atoms with Crippen molar-refractivity contribution in [1.82, 2.24) is 19.6 Å². The Hall–Kier alpha value is 0.140. The van der Waals surface area contributed by atoms with E-state index in [-0.39, 0.29) is 48.6 Å². The van der Waals surface area contributed by atoms with Crippen molar-refractivity contribution in [2.24, 2.45) is 0 Å². The van der Waals surface area contributed by atoms with Crippen molar-refractivity contribution in [2.45, 2.75) is 116 Å². The van der Waals surface area contributed by atoms with E-state index in [4.69, 9.17) is 74.0 Å². The highest BCUT2D eigenvalue weighted by Crippen LogP contribution is 2.59. The minimum atomic E-state index is -0.692. The van der Waals surface area contributed by atoms with E-state index in [1.165, 1.54) is 42.6 Å². The average molecular weight is 1840 g/mol. The fraction of sp³-hybridized carbons (Fsp3) is 0.519. The van der Waals surface area contributed by atoms with Gasteiger partial charge in [-0.1, -0.05) is 23.2 Å². The van der Waals surface area contributed by atoms with Crippen LogP contribution in [0.15, 0.2) is 0 Å². The number of aliphatic hydroxyl groups is 2. The number of methoxy groups -OCH3 is 6. The molecule has 0 aromatic heterocycles. The van der Waals surface area contributed by atoms with Gasteiger partial charge in [0.05, 0.1) is 109 Å². The predicted molar refractivity (Wildman–Crippen MR) is 455 cm³/mol. The molecule has 0 unspecified atom stereocenters. The molecular formula is C54H66Cl2N4O12S25. The fourth-order valence-corrected chi connectivity index (χ4v) is 61.3. The lowest BCUT2D eigenvalue weighted by Crippen LogP contribution is -2.67. The number of ether oxygens (including phenoxy) is 6. The van der Waals surface area contributed by atoms with Gasteiger partial charge in [-0.15, -0.1) is 0 Å². The lowest BCUT2D eigenvalue weighted by Gasteiger charge is -2.57. The molecule has 6 aliphatic rings. The molecule has 2 fully saturated rings. The molecule has 2 amide bonds. The lowest BCUT2D eigenvalue weighted by molar-refractivity contribution is -0.159. The maximum Gasteiger partial charge on any atom is 0.241 e. The summed E-state index contributed by atoms with van der Waals surface area (Å²) >= 11 is 32.7. The summed E-state index contributed by atoms with van der Waals surface area (Å²) in [5, 5.41) is 45.1. The highest BCUT2D eigenvalue weighted by molar-refractivity contribution is 8.76. The standard InChI is InChI=1S/C27H32Cl2N2O5.C27H34N2O7.S13.S12/c1-11-12(2)25(35-6)19-14(21(11)28)8-16-23-20-15(24(34-5)13(3)26(36-7)22(20)29)9-17(30(23)4)27(33)31(16)18(19)10-32;1-11-12(2)25(35-6)19-14(22(11)31)8-16-21-20-15(24(34-5)13(3)26(36-7)23(20)32)9-17(28(21)4)27(33)29(16)18(19)10-30;1-3-5-7-9-11-13-12-10-8-6-4-2;1-3-5-7-9-11-12-10-8-6-4-2/h16-18,23,32H,8-10H2,1-7H3;16-18,21,30-32H,8-10H2,1-7H3;;/t16-,17-,18-,23-;16-,17-,18-,21-;;/m00../s1. The van der Waals surface area contributed by atoms with Crippen LogP contribution in [-0.2, 0) is 267 Å². The third kappa shape index (κ3) is 17.7. The Kier molecular flexibility index (Phi) is 35.0. The van der Waals surface area contributed by atoms with E-state index >= 15 is 0 Å². The lowest BCUT2D eigenvalue weighted by atomic mass is 9.73. The summed E-state index contributed by atoms with van der Waals surface area (Å²) in [6.07, 6.45) is 1.64. The van der Waals surface area contributed by atoms with Crippen LogP contribution in [0.3, 0.4) is 0 Å². The van der Waals surface area contributed by atoms with Gasteiger partial charge in [0.15, 0.2) is 11.5 Å². The van der Waals surface area contributed by atoms with Crippen molar-refractivity contribution in [3.05, 3.63) is 87.9 Å². The number of phenolic OH excluding ortho intramolecular Hbond substituents is 2. The first-order valence-corrected chi connectivity index (χ1v) is 59.5. The van der Waals surface area contributed by atoms with Crippen molar-refractivity contribution in [3.63, 3.8) is 0 Å². The molecular weight excluding hydrogens is 1770 g/mol. The molecule has 4 bridgehead atoms. The summed E-state index contributed by atoms with van der Waals surface area (Å²) in [6.45, 7) is 10.8. The van der Waals surface area contributed by atoms with Crippen LogP contribution in [0, 0.1) is 41.5 Å². The molecule has 4 aromatic carbocycles. The van der Waals surface area contributed by atoms with Gasteiger partial charge < -0.3 is 58.6 Å². The zero-order chi connectivity index (χ0) is 71.3. The van der Waals surface area contributed by atoms with Crippen molar-refractivity contribution in [2.75, 3.05) is 70.0 Å². The van der Waals surface area contributed by atoms with Crippen molar-refractivity contribution in [1.29, 1.82) is 0 Å². The highest BCUT2D eigenvalue weighted by atomic mass is 35.5. The summed E-state index contributed by atoms with van der Waals surface area (Å²) < 4.78 is 34.4. The second-order valence-corrected chi connectivity index (χ2v) is 59.3. The van der Waals surface area contributed by atoms with E-state index in [1.807, 2.05) is 65.4 Å². The number of hydrogen-bond donors (Lipinski definition) is 4. The largest absolute Gasteiger partial charge is 0.507 e. The maximum atomic E-state index is 14.1. The number of aliphatic hydroxyl groups excluding tert-OH is 2. The topological polar surface area (TPSA) is 183 Å². The van der Waals surface area contributed by atoms with Crippen LogP contribution < -0.4 is 28.4 Å². The molecule has 16 nitrogen and oxygen atoms in total. The number of fused-ring (bicyclic) bond motifs is 14. The number of halogens is 2. The van der Waals surface area contributed by atoms with Crippen LogP contribution >= 0.6 is 23.2 Å². The summed E-state index contributed by atoms with van der Waals surface area (Å²) in [5.74, 6) is 3.53. The Balaban J connectivity index is 0.000000204. The van der Waals surface area contributed by atoms with E-state index in [1.54, 1.807) is 191 Å². The molecule has 538 valence electrons. The molecule has 0 radical (unpaired) electrons. The van der Waals surface area contributed by atoms with E-state index in [0.29, 0.717) is 98.0 Å². The number of hydrogen-bond acceptors (Lipinski definition) is 18. The third-order valence-electron chi connectivity index (χ3n) is 17.7. The van der Waals surface area contributed by atoms with Crippen LogP contribution in [0.1, 0.15) is 102 Å². The molecule has 6 heterocycles. The van der Waals surface area contributed by atoms with E-state index in [9.17, 15) is 30.0 Å². The minimum Gasteiger partial charge on any atom is -0.507 e. The SMILES string of the molecule is COc1c(C)c(OC)c2c(c1Cl)[C@@H]1[C@@H]3Cc4c(Cl)c(C)c(C)c(OC)c4[C@H](CO)N3C(=O)[C@H](C2)N1C.COc1c(C)c(OC)c2c(c1O)[C@@H]1[C@@H]3Cc4c(O)c(C)c(C)c(OC)c4[C@H](CO)N3C(=O)[C@H](C2)N1C.S=S=S=S=S=S=S=S=S=S=S=S.S=S=S=S=S=S=S=S=S=S=S=S=S. The first kappa shape index (κ1) is 84.4. The monoisotopic (exact) mass is 1830 g/mol. The Morgan fingerprint density at radius 3 is 1.09 bits per heavy atom. The van der Waals surface area contributed by atoms with Gasteiger partial charge in [0.25, 0.3) is 0 Å². The van der Waals surface area contributed by atoms with E-state index in [0.717, 1.165) is 50.1 Å². The zero-order valence-electron chi connectivity index (χ0n) is 53.7. The molecule has 0 saturated carbocycles. The number of likely N-dealkylation sites (N-methyl/N-ethyl adjacent to an activating group) is 2. The van der Waals surface area contributed by atoms with Crippen molar-refractivity contribution in [3.8, 4) is 46.0 Å². The fourth-order valence-electron chi connectivity index (χ4n) is 13.9. The average Bonchev–Trinajstić information content (AvgIpc) is 0.706. The first-order chi connectivity index (χ1) is 46.6. The van der Waals surface area contributed by atoms with Gasteiger partial charge in [0, 0.05) is 299 Å². The highest BCUT2D eigenvalue weighted by Gasteiger charge is 2.58. The van der Waals surface area contributed by atoms with Crippen LogP contribution in [0.25, 0.3) is 0 Å². The first-order valence-electron chi connectivity index (χ1n) is 28.0. The number of carbonyl (C=O) groups is 2. The number of aromatic hydroxyl groups is 2. The van der Waals surface area contributed by atoms with E-state index in [2.05, 4.69) is 27.3 Å². The van der Waals surface area contributed by atoms with Crippen molar-refractivity contribution >= 4 is 266 Å². The van der Waals surface area contributed by atoms with Gasteiger partial charge in [-0.05, 0) is 96.3 Å². The normalized spacial score (nSPS) is 20.1. The van der Waals surface area contributed by atoms with Crippen LogP contribution in [0.5, 0.6) is 46.0 Å². The molecule has 8 atom stereocenters. The number of phenols is 2. The number of benzene rings is 4. The molecule has 0 spiro atoms. The Morgan fingerprint density at radius 1 is 0.392 bits per heavy atom. The van der Waals surface area contributed by atoms with Gasteiger partial charge in [-0.3, -0.25) is 19.4 Å². The molecule has 4 aromatic rings. The molecule has 0 aliphatic carbocycles. The Bertz CT molecular complexity index is 4570. The van der Waals surface area contributed by atoms with Gasteiger partial charge in [-0.25, -0.2) is 0 Å². The smallest absolute Gasteiger partial charge is 0.241 e. The maximum absolute atomic E-state index is 14.1. The third-order valence-corrected chi connectivity index (χ3v) is 60.8. The Labute approximate surface area is 654 Å². The van der Waals surface area contributed by atoms with Gasteiger partial charge >= 0.3 is 0 Å². The van der Waals surface area contributed by atoms with Crippen molar-refractivity contribution < 1.29 is 58.4 Å². The molecule has 43 heteroatoms. The number of rotatable bonds is 8. The van der Waals surface area contributed by atoms with Crippen LogP contribution in [0.2, 0.25) is 10.0 Å². The van der Waals surface area contributed by atoms with E-state index < -0.39 is 36.3 Å². The second-order valence-electron chi connectivity index (χ2n) is 21.4. The number of amides is 2. The van der Waals surface area contributed by atoms with Gasteiger partial charge in [-0.2, -0.15) is 0 Å². The van der Waals surface area contributed by atoms with Gasteiger partial charge in [0.1, 0.15) is 34.5 Å². The quantitative estimate of drug-likeness (QED) is 0.146. The summed E-state index contributed by atoms with van der Waals surface area (Å²) in [5.41, 5.74) is 11.1. The summed E-state index contributed by atoms with van der Waals surface area (Å²) in [6, 6.07) is -3.59. The molecule has 97 heavy (non-hydrogen) atoms. The zero-order valence-corrected chi connectivity index (χ0v) is 75.6. The number of carbonyl (C=O) groups excluding carboxylic acids is 2.